The van der Waals surface area contributed by atoms with E-state index in [0.29, 0.717) is 31.3 Å². The summed E-state index contributed by atoms with van der Waals surface area (Å²) in [7, 11) is 0. The highest BCUT2D eigenvalue weighted by Gasteiger charge is 2.25. The highest BCUT2D eigenvalue weighted by molar-refractivity contribution is 6.32. The number of carbonyl (C=O) groups excluding carboxylic acids is 1. The summed E-state index contributed by atoms with van der Waals surface area (Å²) >= 11 is 12.2. The molecular weight excluding hydrogens is 275 g/mol. The van der Waals surface area contributed by atoms with E-state index in [1.807, 2.05) is 6.92 Å². The SMILES string of the molecule is CCOC(=O)N1CCC2=C(CC1)C(Cl)=CN(Cl)C2. The van der Waals surface area contributed by atoms with Crippen LogP contribution in [-0.2, 0) is 4.74 Å². The molecule has 0 aromatic carbocycles. The molecule has 100 valence electrons. The van der Waals surface area contributed by atoms with Crippen LogP contribution in [0.15, 0.2) is 22.4 Å². The van der Waals surface area contributed by atoms with E-state index >= 15 is 0 Å². The number of amides is 1. The molecule has 4 nitrogen and oxygen atoms in total. The number of nitrogens with zero attached hydrogens (tertiary/aromatic N) is 2. The van der Waals surface area contributed by atoms with Crippen molar-refractivity contribution in [2.75, 3.05) is 26.2 Å². The van der Waals surface area contributed by atoms with Gasteiger partial charge in [0.05, 0.1) is 18.2 Å². The van der Waals surface area contributed by atoms with Crippen LogP contribution in [0.4, 0.5) is 4.79 Å². The molecule has 0 aromatic heterocycles. The van der Waals surface area contributed by atoms with Crippen molar-refractivity contribution in [3.8, 4) is 0 Å². The van der Waals surface area contributed by atoms with E-state index in [9.17, 15) is 4.79 Å². The maximum atomic E-state index is 11.7. The molecule has 0 aromatic rings. The van der Waals surface area contributed by atoms with Gasteiger partial charge < -0.3 is 9.64 Å². The van der Waals surface area contributed by atoms with Gasteiger partial charge in [0.1, 0.15) is 0 Å². The van der Waals surface area contributed by atoms with Gasteiger partial charge in [-0.2, -0.15) is 0 Å². The Labute approximate surface area is 117 Å². The van der Waals surface area contributed by atoms with Gasteiger partial charge in [-0.25, -0.2) is 4.79 Å². The summed E-state index contributed by atoms with van der Waals surface area (Å²) < 4.78 is 6.58. The normalized spacial score (nSPS) is 20.3. The standard InChI is InChI=1S/C12H16Cl2N2O2/c1-2-18-12(17)15-5-3-9-7-16(14)8-11(13)10(9)4-6-15/h8H,2-7H2,1H3. The summed E-state index contributed by atoms with van der Waals surface area (Å²) in [6.45, 7) is 4.18. The smallest absolute Gasteiger partial charge is 0.409 e. The average Bonchev–Trinajstić information content (AvgIpc) is 2.52. The van der Waals surface area contributed by atoms with Crippen LogP contribution in [0.25, 0.3) is 0 Å². The van der Waals surface area contributed by atoms with E-state index in [1.54, 1.807) is 15.5 Å². The van der Waals surface area contributed by atoms with E-state index in [1.165, 1.54) is 5.57 Å². The van der Waals surface area contributed by atoms with Crippen molar-refractivity contribution in [1.29, 1.82) is 0 Å². The van der Waals surface area contributed by atoms with Crippen LogP contribution in [0.5, 0.6) is 0 Å². The van der Waals surface area contributed by atoms with Crippen LogP contribution < -0.4 is 0 Å². The van der Waals surface area contributed by atoms with Gasteiger partial charge in [0.15, 0.2) is 0 Å². The summed E-state index contributed by atoms with van der Waals surface area (Å²) in [5.74, 6) is 0. The third-order valence-corrected chi connectivity index (χ3v) is 3.69. The number of hydrogen-bond donors (Lipinski definition) is 0. The Morgan fingerprint density at radius 3 is 2.89 bits per heavy atom. The van der Waals surface area contributed by atoms with Crippen LogP contribution in [-0.4, -0.2) is 41.7 Å². The third-order valence-electron chi connectivity index (χ3n) is 3.15. The number of halogens is 2. The molecule has 0 spiro atoms. The number of hydrogen-bond acceptors (Lipinski definition) is 3. The molecule has 2 aliphatic rings. The van der Waals surface area contributed by atoms with E-state index in [-0.39, 0.29) is 6.09 Å². The lowest BCUT2D eigenvalue weighted by atomic mass is 10.0. The van der Waals surface area contributed by atoms with Crippen molar-refractivity contribution >= 4 is 29.5 Å². The molecule has 0 radical (unpaired) electrons. The first kappa shape index (κ1) is 13.6. The zero-order valence-electron chi connectivity index (χ0n) is 10.3. The Morgan fingerprint density at radius 2 is 2.17 bits per heavy atom. The minimum absolute atomic E-state index is 0.250. The summed E-state index contributed by atoms with van der Waals surface area (Å²) in [4.78, 5) is 13.4. The molecule has 0 saturated heterocycles. The van der Waals surface area contributed by atoms with Gasteiger partial charge >= 0.3 is 6.09 Å². The second-order valence-electron chi connectivity index (χ2n) is 4.30. The fourth-order valence-electron chi connectivity index (χ4n) is 2.25. The quantitative estimate of drug-likeness (QED) is 0.696. The number of allylic oxidation sites excluding steroid dienone is 1. The molecule has 2 aliphatic heterocycles. The van der Waals surface area contributed by atoms with E-state index < -0.39 is 0 Å². The zero-order chi connectivity index (χ0) is 13.1. The van der Waals surface area contributed by atoms with Gasteiger partial charge in [-0.1, -0.05) is 11.6 Å². The summed E-state index contributed by atoms with van der Waals surface area (Å²) in [6.07, 6.45) is 3.03. The monoisotopic (exact) mass is 290 g/mol. The van der Waals surface area contributed by atoms with Crippen molar-refractivity contribution in [3.63, 3.8) is 0 Å². The van der Waals surface area contributed by atoms with E-state index in [0.717, 1.165) is 18.4 Å². The van der Waals surface area contributed by atoms with Crippen LogP contribution in [0, 0.1) is 0 Å². The first-order chi connectivity index (χ1) is 8.61. The van der Waals surface area contributed by atoms with E-state index in [2.05, 4.69) is 0 Å². The zero-order valence-corrected chi connectivity index (χ0v) is 11.8. The molecule has 6 heteroatoms. The molecular formula is C12H16Cl2N2O2. The predicted octanol–water partition coefficient (Wildman–Crippen LogP) is 3.08. The lowest BCUT2D eigenvalue weighted by Crippen LogP contribution is -2.32. The van der Waals surface area contributed by atoms with Crippen molar-refractivity contribution in [1.82, 2.24) is 9.32 Å². The van der Waals surface area contributed by atoms with Crippen molar-refractivity contribution in [2.45, 2.75) is 19.8 Å². The molecule has 2 rings (SSSR count). The maximum absolute atomic E-state index is 11.7. The summed E-state index contributed by atoms with van der Waals surface area (Å²) in [5.41, 5.74) is 2.34. The molecule has 18 heavy (non-hydrogen) atoms. The number of ether oxygens (including phenoxy) is 1. The second kappa shape index (κ2) is 5.85. The minimum Gasteiger partial charge on any atom is -0.450 e. The van der Waals surface area contributed by atoms with Gasteiger partial charge in [-0.3, -0.25) is 4.42 Å². The fraction of sp³-hybridized carbons (Fsp3) is 0.583. The fourth-order valence-corrected chi connectivity index (χ4v) is 2.88. The molecule has 0 saturated carbocycles. The van der Waals surface area contributed by atoms with Crippen LogP contribution in [0.2, 0.25) is 0 Å². The van der Waals surface area contributed by atoms with Gasteiger partial charge in [-0.15, -0.1) is 0 Å². The highest BCUT2D eigenvalue weighted by Crippen LogP contribution is 2.32. The largest absolute Gasteiger partial charge is 0.450 e. The minimum atomic E-state index is -0.250. The van der Waals surface area contributed by atoms with Gasteiger partial charge in [0.2, 0.25) is 0 Å². The molecule has 0 unspecified atom stereocenters. The number of rotatable bonds is 1. The van der Waals surface area contributed by atoms with Crippen molar-refractivity contribution in [2.24, 2.45) is 0 Å². The highest BCUT2D eigenvalue weighted by atomic mass is 35.5. The van der Waals surface area contributed by atoms with Crippen LogP contribution in [0.1, 0.15) is 19.8 Å². The predicted molar refractivity (Wildman–Crippen MR) is 71.4 cm³/mol. The first-order valence-electron chi connectivity index (χ1n) is 6.04. The molecule has 2 heterocycles. The number of carbonyl (C=O) groups is 1. The maximum Gasteiger partial charge on any atom is 0.409 e. The summed E-state index contributed by atoms with van der Waals surface area (Å²) in [5, 5.41) is 0.678. The molecule has 0 aliphatic carbocycles. The van der Waals surface area contributed by atoms with Crippen LogP contribution in [0.3, 0.4) is 0 Å². The molecule has 0 atom stereocenters. The first-order valence-corrected chi connectivity index (χ1v) is 6.76. The Morgan fingerprint density at radius 1 is 1.44 bits per heavy atom. The Balaban J connectivity index is 2.05. The van der Waals surface area contributed by atoms with Gasteiger partial charge in [0, 0.05) is 31.1 Å². The lowest BCUT2D eigenvalue weighted by Gasteiger charge is -2.22. The van der Waals surface area contributed by atoms with E-state index in [4.69, 9.17) is 28.1 Å². The third kappa shape index (κ3) is 2.93. The van der Waals surface area contributed by atoms with Crippen LogP contribution >= 0.6 is 23.4 Å². The van der Waals surface area contributed by atoms with Crippen molar-refractivity contribution in [3.05, 3.63) is 22.4 Å². The molecule has 0 fully saturated rings. The molecule has 0 bridgehead atoms. The lowest BCUT2D eigenvalue weighted by molar-refractivity contribution is 0.109. The van der Waals surface area contributed by atoms with Crippen molar-refractivity contribution < 1.29 is 9.53 Å². The molecule has 1 amide bonds. The van der Waals surface area contributed by atoms with Gasteiger partial charge in [0.25, 0.3) is 0 Å². The Bertz CT molecular complexity index is 407. The molecule has 0 N–H and O–H groups in total. The average molecular weight is 291 g/mol. The topological polar surface area (TPSA) is 32.8 Å². The van der Waals surface area contributed by atoms with Gasteiger partial charge in [-0.05, 0) is 30.9 Å². The summed E-state index contributed by atoms with van der Waals surface area (Å²) in [6, 6.07) is 0. The Kier molecular flexibility index (Phi) is 4.40. The Hall–Kier alpha value is -0.870. The second-order valence-corrected chi connectivity index (χ2v) is 5.14.